The van der Waals surface area contributed by atoms with Crippen LogP contribution in [0.2, 0.25) is 0 Å². The van der Waals surface area contributed by atoms with Gasteiger partial charge in [0.25, 0.3) is 0 Å². The normalized spacial score (nSPS) is 19.5. The van der Waals surface area contributed by atoms with Crippen LogP contribution in [-0.4, -0.2) is 51.8 Å². The van der Waals surface area contributed by atoms with Crippen molar-refractivity contribution in [3.05, 3.63) is 30.1 Å². The van der Waals surface area contributed by atoms with Crippen LogP contribution in [0.15, 0.2) is 18.9 Å². The third-order valence-corrected chi connectivity index (χ3v) is 4.60. The van der Waals surface area contributed by atoms with Crippen LogP contribution in [0.4, 0.5) is 0 Å². The van der Waals surface area contributed by atoms with Crippen molar-refractivity contribution in [2.45, 2.75) is 52.7 Å². The second-order valence-corrected chi connectivity index (χ2v) is 6.00. The lowest BCUT2D eigenvalue weighted by atomic mass is 10.2. The van der Waals surface area contributed by atoms with Gasteiger partial charge in [0.15, 0.2) is 0 Å². The van der Waals surface area contributed by atoms with E-state index in [-0.39, 0.29) is 0 Å². The van der Waals surface area contributed by atoms with Crippen molar-refractivity contribution in [3.63, 3.8) is 0 Å². The highest BCUT2D eigenvalue weighted by Crippen LogP contribution is 2.22. The summed E-state index contributed by atoms with van der Waals surface area (Å²) < 4.78 is 1.99. The fourth-order valence-corrected chi connectivity index (χ4v) is 3.25. The number of likely N-dealkylation sites (tertiary alicyclic amines) is 1. The number of rotatable bonds is 8. The molecule has 2 rings (SSSR count). The zero-order valence-corrected chi connectivity index (χ0v) is 13.9. The second kappa shape index (κ2) is 7.76. The molecule has 1 aromatic rings. The van der Waals surface area contributed by atoms with Crippen LogP contribution >= 0.6 is 0 Å². The molecule has 1 aliphatic rings. The first-order valence-electron chi connectivity index (χ1n) is 8.28. The summed E-state index contributed by atoms with van der Waals surface area (Å²) in [6, 6.07) is 0.701. The van der Waals surface area contributed by atoms with E-state index >= 15 is 0 Å². The smallest absolute Gasteiger partial charge is 0.0638 e. The molecule has 1 aromatic heterocycles. The van der Waals surface area contributed by atoms with Crippen molar-refractivity contribution in [1.29, 1.82) is 0 Å². The zero-order valence-electron chi connectivity index (χ0n) is 13.9. The monoisotopic (exact) mass is 290 g/mol. The molecule has 0 aromatic carbocycles. The lowest BCUT2D eigenvalue weighted by molar-refractivity contribution is 0.175. The topological polar surface area (TPSA) is 24.3 Å². The summed E-state index contributed by atoms with van der Waals surface area (Å²) in [7, 11) is 0. The molecule has 0 spiro atoms. The predicted octanol–water partition coefficient (Wildman–Crippen LogP) is 2.68. The molecule has 0 aliphatic carbocycles. The van der Waals surface area contributed by atoms with Gasteiger partial charge < -0.3 is 4.90 Å². The Morgan fingerprint density at radius 1 is 1.43 bits per heavy atom. The quantitative estimate of drug-likeness (QED) is 0.688. The summed E-state index contributed by atoms with van der Waals surface area (Å²) in [5, 5.41) is 4.57. The highest BCUT2D eigenvalue weighted by molar-refractivity contribution is 5.16. The van der Waals surface area contributed by atoms with Crippen LogP contribution in [0.5, 0.6) is 0 Å². The third kappa shape index (κ3) is 4.17. The molecule has 0 saturated carbocycles. The summed E-state index contributed by atoms with van der Waals surface area (Å²) in [5.41, 5.74) is 2.52. The van der Waals surface area contributed by atoms with Gasteiger partial charge in [-0.3, -0.25) is 9.58 Å². The molecule has 4 nitrogen and oxygen atoms in total. The first kappa shape index (κ1) is 16.2. The minimum Gasteiger partial charge on any atom is -0.302 e. The summed E-state index contributed by atoms with van der Waals surface area (Å²) in [5.74, 6) is 0. The molecular formula is C17H30N4. The first-order valence-corrected chi connectivity index (χ1v) is 8.28. The minimum absolute atomic E-state index is 0.701. The fraction of sp³-hybridized carbons (Fsp3) is 0.706. The molecule has 1 fully saturated rings. The van der Waals surface area contributed by atoms with E-state index in [1.807, 2.05) is 10.8 Å². The van der Waals surface area contributed by atoms with Gasteiger partial charge in [-0.25, -0.2) is 0 Å². The van der Waals surface area contributed by atoms with E-state index < -0.39 is 0 Å². The number of nitrogens with zero attached hydrogens (tertiary/aromatic N) is 4. The molecule has 0 bridgehead atoms. The molecule has 0 N–H and O–H groups in total. The number of likely N-dealkylation sites (N-methyl/N-ethyl adjacent to an activating group) is 1. The molecule has 2 heterocycles. The standard InChI is InChI=1S/C17H30N4/c1-5-10-21-13-16(15(4)18-21)12-20-11-8-9-17(20)14-19(6-2)7-3/h5,13,17H,1,6-12,14H2,2-4H3. The maximum Gasteiger partial charge on any atom is 0.0638 e. The highest BCUT2D eigenvalue weighted by atomic mass is 15.3. The van der Waals surface area contributed by atoms with Crippen molar-refractivity contribution in [2.75, 3.05) is 26.2 Å². The Morgan fingerprint density at radius 2 is 2.19 bits per heavy atom. The average molecular weight is 290 g/mol. The van der Waals surface area contributed by atoms with Gasteiger partial charge in [0, 0.05) is 30.9 Å². The Hall–Kier alpha value is -1.13. The van der Waals surface area contributed by atoms with E-state index in [9.17, 15) is 0 Å². The van der Waals surface area contributed by atoms with Crippen molar-refractivity contribution < 1.29 is 0 Å². The summed E-state index contributed by atoms with van der Waals surface area (Å²) >= 11 is 0. The molecular weight excluding hydrogens is 260 g/mol. The van der Waals surface area contributed by atoms with E-state index in [1.54, 1.807) is 0 Å². The van der Waals surface area contributed by atoms with Gasteiger partial charge >= 0.3 is 0 Å². The van der Waals surface area contributed by atoms with E-state index in [0.717, 1.165) is 31.9 Å². The van der Waals surface area contributed by atoms with Crippen molar-refractivity contribution in [3.8, 4) is 0 Å². The Bertz CT molecular complexity index is 448. The highest BCUT2D eigenvalue weighted by Gasteiger charge is 2.26. The number of aromatic nitrogens is 2. The Kier molecular flexibility index (Phi) is 6.00. The largest absolute Gasteiger partial charge is 0.302 e. The number of hydrogen-bond acceptors (Lipinski definition) is 3. The average Bonchev–Trinajstić information content (AvgIpc) is 3.04. The van der Waals surface area contributed by atoms with E-state index in [4.69, 9.17) is 0 Å². The van der Waals surface area contributed by atoms with Gasteiger partial charge in [-0.05, 0) is 39.4 Å². The van der Waals surface area contributed by atoms with Gasteiger partial charge in [0.2, 0.25) is 0 Å². The third-order valence-electron chi connectivity index (χ3n) is 4.60. The van der Waals surface area contributed by atoms with Gasteiger partial charge in [-0.1, -0.05) is 19.9 Å². The van der Waals surface area contributed by atoms with Crippen LogP contribution in [0, 0.1) is 6.92 Å². The van der Waals surface area contributed by atoms with Crippen LogP contribution in [-0.2, 0) is 13.1 Å². The van der Waals surface area contributed by atoms with Gasteiger partial charge in [0.1, 0.15) is 0 Å². The van der Waals surface area contributed by atoms with E-state index in [1.165, 1.54) is 31.5 Å². The zero-order chi connectivity index (χ0) is 15.2. The van der Waals surface area contributed by atoms with Crippen molar-refractivity contribution in [2.24, 2.45) is 0 Å². The predicted molar refractivity (Wildman–Crippen MR) is 88.4 cm³/mol. The van der Waals surface area contributed by atoms with Gasteiger partial charge in [-0.2, -0.15) is 5.10 Å². The van der Waals surface area contributed by atoms with Crippen LogP contribution in [0.3, 0.4) is 0 Å². The fourth-order valence-electron chi connectivity index (χ4n) is 3.25. The molecule has 1 unspecified atom stereocenters. The first-order chi connectivity index (χ1) is 10.2. The second-order valence-electron chi connectivity index (χ2n) is 6.00. The number of hydrogen-bond donors (Lipinski definition) is 0. The Balaban J connectivity index is 1.98. The molecule has 0 amide bonds. The SMILES string of the molecule is C=CCn1cc(CN2CCCC2CN(CC)CC)c(C)n1. The lowest BCUT2D eigenvalue weighted by Gasteiger charge is -2.29. The Labute approximate surface area is 129 Å². The molecule has 0 radical (unpaired) electrons. The number of allylic oxidation sites excluding steroid dienone is 1. The lowest BCUT2D eigenvalue weighted by Crippen LogP contribution is -2.40. The van der Waals surface area contributed by atoms with Crippen LogP contribution < -0.4 is 0 Å². The van der Waals surface area contributed by atoms with Crippen LogP contribution in [0.25, 0.3) is 0 Å². The van der Waals surface area contributed by atoms with Gasteiger partial charge in [-0.15, -0.1) is 6.58 Å². The van der Waals surface area contributed by atoms with Crippen molar-refractivity contribution in [1.82, 2.24) is 19.6 Å². The van der Waals surface area contributed by atoms with E-state index in [2.05, 4.69) is 48.4 Å². The molecule has 118 valence electrons. The number of aryl methyl sites for hydroxylation is 1. The molecule has 21 heavy (non-hydrogen) atoms. The minimum atomic E-state index is 0.701. The van der Waals surface area contributed by atoms with Crippen LogP contribution in [0.1, 0.15) is 37.9 Å². The molecule has 1 atom stereocenters. The Morgan fingerprint density at radius 3 is 2.86 bits per heavy atom. The molecule has 1 saturated heterocycles. The van der Waals surface area contributed by atoms with E-state index in [0.29, 0.717) is 6.04 Å². The maximum atomic E-state index is 4.57. The summed E-state index contributed by atoms with van der Waals surface area (Å²) in [4.78, 5) is 5.18. The summed E-state index contributed by atoms with van der Waals surface area (Å²) in [6.07, 6.45) is 6.74. The molecule has 4 heteroatoms. The molecule has 1 aliphatic heterocycles. The maximum absolute atomic E-state index is 4.57. The van der Waals surface area contributed by atoms with Gasteiger partial charge in [0.05, 0.1) is 12.2 Å². The van der Waals surface area contributed by atoms with Crippen molar-refractivity contribution >= 4 is 0 Å². The summed E-state index contributed by atoms with van der Waals surface area (Å²) in [6.45, 7) is 17.0.